The van der Waals surface area contributed by atoms with E-state index in [4.69, 9.17) is 4.74 Å². The minimum absolute atomic E-state index is 0.00428. The molecular formula is C20H28O2. The van der Waals surface area contributed by atoms with E-state index in [0.29, 0.717) is 11.7 Å². The summed E-state index contributed by atoms with van der Waals surface area (Å²) >= 11 is 0. The molecule has 0 N–H and O–H groups in total. The first-order chi connectivity index (χ1) is 10.5. The van der Waals surface area contributed by atoms with Crippen molar-refractivity contribution in [2.75, 3.05) is 7.11 Å². The molecule has 0 aromatic carbocycles. The topological polar surface area (TPSA) is 26.3 Å². The molecule has 0 aromatic rings. The molecule has 0 unspecified atom stereocenters. The van der Waals surface area contributed by atoms with Gasteiger partial charge in [-0.1, -0.05) is 25.0 Å². The molecule has 0 bridgehead atoms. The van der Waals surface area contributed by atoms with Gasteiger partial charge in [0.05, 0.1) is 12.9 Å². The first-order valence-corrected chi connectivity index (χ1v) is 9.01. The van der Waals surface area contributed by atoms with Crippen LogP contribution in [-0.2, 0) is 9.53 Å². The second kappa shape index (κ2) is 4.97. The molecule has 0 aromatic heterocycles. The van der Waals surface area contributed by atoms with Crippen molar-refractivity contribution >= 4 is 5.78 Å². The monoisotopic (exact) mass is 300 g/mol. The number of ketones is 1. The van der Waals surface area contributed by atoms with E-state index in [1.165, 1.54) is 12.8 Å². The molecule has 0 spiro atoms. The SMILES string of the molecule is COC1=CCC2=C(C1)C[C@@H](C)[C@H]1[C@H]3CCC(=O)[C@@]3(C)CC[C@@H]21. The molecule has 2 heteroatoms. The van der Waals surface area contributed by atoms with Crippen LogP contribution in [0.1, 0.15) is 58.8 Å². The largest absolute Gasteiger partial charge is 0.501 e. The summed E-state index contributed by atoms with van der Waals surface area (Å²) in [4.78, 5) is 12.4. The number of fused-ring (bicyclic) bond motifs is 4. The number of Topliss-reactive ketones (excluding diaryl/α,β-unsaturated/α-hetero) is 1. The van der Waals surface area contributed by atoms with Gasteiger partial charge in [0.2, 0.25) is 0 Å². The number of hydrogen-bond acceptors (Lipinski definition) is 2. The van der Waals surface area contributed by atoms with Crippen LogP contribution in [0.25, 0.3) is 0 Å². The third kappa shape index (κ3) is 1.88. The number of hydrogen-bond donors (Lipinski definition) is 0. The highest BCUT2D eigenvalue weighted by Gasteiger charge is 2.56. The Labute approximate surface area is 134 Å². The molecule has 0 radical (unpaired) electrons. The Morgan fingerprint density at radius 2 is 2.14 bits per heavy atom. The highest BCUT2D eigenvalue weighted by Crippen LogP contribution is 2.61. The quantitative estimate of drug-likeness (QED) is 0.658. The Bertz CT molecular complexity index is 570. The van der Waals surface area contributed by atoms with Crippen molar-refractivity contribution in [3.05, 3.63) is 23.0 Å². The van der Waals surface area contributed by atoms with Crippen molar-refractivity contribution in [3.8, 4) is 0 Å². The van der Waals surface area contributed by atoms with Crippen molar-refractivity contribution in [3.63, 3.8) is 0 Å². The summed E-state index contributed by atoms with van der Waals surface area (Å²) in [6, 6.07) is 0. The summed E-state index contributed by atoms with van der Waals surface area (Å²) in [5.74, 6) is 4.53. The number of carbonyl (C=O) groups is 1. The van der Waals surface area contributed by atoms with Gasteiger partial charge in [0.15, 0.2) is 0 Å². The van der Waals surface area contributed by atoms with Gasteiger partial charge in [-0.3, -0.25) is 4.79 Å². The number of carbonyl (C=O) groups excluding carboxylic acids is 1. The third-order valence-corrected chi connectivity index (χ3v) is 7.37. The Morgan fingerprint density at radius 1 is 1.32 bits per heavy atom. The maximum Gasteiger partial charge on any atom is 0.139 e. The predicted molar refractivity (Wildman–Crippen MR) is 87.2 cm³/mol. The molecule has 0 saturated heterocycles. The van der Waals surface area contributed by atoms with E-state index in [9.17, 15) is 4.79 Å². The fourth-order valence-corrected chi connectivity index (χ4v) is 6.23. The average molecular weight is 300 g/mol. The van der Waals surface area contributed by atoms with E-state index >= 15 is 0 Å². The maximum atomic E-state index is 12.4. The highest BCUT2D eigenvalue weighted by atomic mass is 16.5. The van der Waals surface area contributed by atoms with E-state index in [-0.39, 0.29) is 5.41 Å². The number of rotatable bonds is 1. The van der Waals surface area contributed by atoms with Crippen molar-refractivity contribution in [1.29, 1.82) is 0 Å². The van der Waals surface area contributed by atoms with E-state index in [0.717, 1.165) is 55.6 Å². The Balaban J connectivity index is 1.67. The van der Waals surface area contributed by atoms with Crippen LogP contribution in [-0.4, -0.2) is 12.9 Å². The van der Waals surface area contributed by atoms with Gasteiger partial charge in [-0.2, -0.15) is 0 Å². The Kier molecular flexibility index (Phi) is 3.29. The van der Waals surface area contributed by atoms with E-state index in [2.05, 4.69) is 19.9 Å². The van der Waals surface area contributed by atoms with Crippen LogP contribution in [0, 0.1) is 29.1 Å². The van der Waals surface area contributed by atoms with Crippen molar-refractivity contribution in [2.45, 2.75) is 58.8 Å². The molecule has 22 heavy (non-hydrogen) atoms. The summed E-state index contributed by atoms with van der Waals surface area (Å²) in [6.45, 7) is 4.70. The number of allylic oxidation sites excluding steroid dienone is 3. The molecule has 2 saturated carbocycles. The third-order valence-electron chi connectivity index (χ3n) is 7.37. The zero-order chi connectivity index (χ0) is 15.5. The fourth-order valence-electron chi connectivity index (χ4n) is 6.23. The Morgan fingerprint density at radius 3 is 2.91 bits per heavy atom. The summed E-state index contributed by atoms with van der Waals surface area (Å²) in [6.07, 6.45) is 9.94. The Hall–Kier alpha value is -1.05. The van der Waals surface area contributed by atoms with Gasteiger partial charge in [-0.25, -0.2) is 0 Å². The van der Waals surface area contributed by atoms with Crippen LogP contribution >= 0.6 is 0 Å². The van der Waals surface area contributed by atoms with Crippen molar-refractivity contribution in [1.82, 2.24) is 0 Å². The first kappa shape index (κ1) is 14.5. The van der Waals surface area contributed by atoms with E-state index < -0.39 is 0 Å². The van der Waals surface area contributed by atoms with Gasteiger partial charge in [0.25, 0.3) is 0 Å². The van der Waals surface area contributed by atoms with Crippen LogP contribution in [0.2, 0.25) is 0 Å². The van der Waals surface area contributed by atoms with Crippen LogP contribution in [0.15, 0.2) is 23.0 Å². The van der Waals surface area contributed by atoms with Gasteiger partial charge in [0, 0.05) is 18.3 Å². The second-order valence-electron chi connectivity index (χ2n) is 8.27. The molecule has 120 valence electrons. The van der Waals surface area contributed by atoms with E-state index in [1.807, 2.05) is 0 Å². The zero-order valence-corrected chi connectivity index (χ0v) is 14.2. The maximum absolute atomic E-state index is 12.4. The first-order valence-electron chi connectivity index (χ1n) is 9.01. The normalized spacial score (nSPS) is 44.1. The second-order valence-corrected chi connectivity index (χ2v) is 8.27. The van der Waals surface area contributed by atoms with Crippen LogP contribution in [0.3, 0.4) is 0 Å². The minimum atomic E-state index is -0.00428. The molecule has 5 atom stereocenters. The minimum Gasteiger partial charge on any atom is -0.501 e. The van der Waals surface area contributed by atoms with Crippen LogP contribution < -0.4 is 0 Å². The molecular weight excluding hydrogens is 272 g/mol. The lowest BCUT2D eigenvalue weighted by atomic mass is 9.52. The van der Waals surface area contributed by atoms with Crippen LogP contribution in [0.4, 0.5) is 0 Å². The summed E-state index contributed by atoms with van der Waals surface area (Å²) in [5.41, 5.74) is 3.36. The van der Waals surface area contributed by atoms with E-state index in [1.54, 1.807) is 18.3 Å². The summed E-state index contributed by atoms with van der Waals surface area (Å²) < 4.78 is 5.49. The smallest absolute Gasteiger partial charge is 0.139 e. The van der Waals surface area contributed by atoms with Crippen molar-refractivity contribution < 1.29 is 9.53 Å². The molecule has 4 rings (SSSR count). The molecule has 2 nitrogen and oxygen atoms in total. The predicted octanol–water partition coefficient (Wildman–Crippen LogP) is 4.66. The summed E-state index contributed by atoms with van der Waals surface area (Å²) in [5, 5.41) is 0. The van der Waals surface area contributed by atoms with Crippen molar-refractivity contribution in [2.24, 2.45) is 29.1 Å². The fraction of sp³-hybridized carbons (Fsp3) is 0.750. The van der Waals surface area contributed by atoms with Gasteiger partial charge in [-0.05, 0) is 61.9 Å². The van der Waals surface area contributed by atoms with Gasteiger partial charge in [-0.15, -0.1) is 0 Å². The van der Waals surface area contributed by atoms with Gasteiger partial charge >= 0.3 is 0 Å². The average Bonchev–Trinajstić information content (AvgIpc) is 2.82. The lowest BCUT2D eigenvalue weighted by Crippen LogP contribution is -2.46. The summed E-state index contributed by atoms with van der Waals surface area (Å²) in [7, 11) is 1.79. The molecule has 0 heterocycles. The number of methoxy groups -OCH3 is 1. The molecule has 0 amide bonds. The molecule has 0 aliphatic heterocycles. The number of ether oxygens (including phenoxy) is 1. The standard InChI is InChI=1S/C20H28O2/c1-12-10-13-11-14(22-3)4-5-15(13)16-8-9-20(2)17(19(12)16)6-7-18(20)21/h4,12,16-17,19H,5-11H2,1-3H3/t12-,16+,17-,19-,20+/m1/s1. The van der Waals surface area contributed by atoms with Gasteiger partial charge in [0.1, 0.15) is 5.78 Å². The molecule has 4 aliphatic carbocycles. The lowest BCUT2D eigenvalue weighted by Gasteiger charge is -2.52. The zero-order valence-electron chi connectivity index (χ0n) is 14.2. The lowest BCUT2D eigenvalue weighted by molar-refractivity contribution is -0.130. The molecule has 4 aliphatic rings. The highest BCUT2D eigenvalue weighted by molar-refractivity contribution is 5.87. The van der Waals surface area contributed by atoms with Crippen LogP contribution in [0.5, 0.6) is 0 Å². The van der Waals surface area contributed by atoms with Gasteiger partial charge < -0.3 is 4.74 Å². The molecule has 2 fully saturated rings.